The van der Waals surface area contributed by atoms with Crippen LogP contribution in [0, 0.1) is 10.1 Å². The number of hydrogen-bond acceptors (Lipinski definition) is 6. The molecule has 0 fully saturated rings. The molecule has 0 aliphatic carbocycles. The van der Waals surface area contributed by atoms with Crippen molar-refractivity contribution >= 4 is 23.2 Å². The minimum Gasteiger partial charge on any atom is -0.394 e. The Labute approximate surface area is 113 Å². The lowest BCUT2D eigenvalue weighted by Crippen LogP contribution is -2.14. The maximum atomic E-state index is 11.1. The van der Waals surface area contributed by atoms with E-state index >= 15 is 0 Å². The lowest BCUT2D eigenvalue weighted by atomic mass is 10.4. The monoisotopic (exact) mass is 283 g/mol. The maximum Gasteiger partial charge on any atom is 0.351 e. The third-order valence-electron chi connectivity index (χ3n) is 2.51. The molecule has 0 aliphatic rings. The first-order chi connectivity index (χ1) is 9.13. The molecule has 2 heterocycles. The summed E-state index contributed by atoms with van der Waals surface area (Å²) in [5.74, 6) is 0.568. The van der Waals surface area contributed by atoms with Gasteiger partial charge in [0.15, 0.2) is 0 Å². The van der Waals surface area contributed by atoms with Gasteiger partial charge in [-0.15, -0.1) is 0 Å². The highest BCUT2D eigenvalue weighted by Crippen LogP contribution is 2.24. The average molecular weight is 283 g/mol. The number of hydrogen-bond donors (Lipinski definition) is 2. The molecule has 0 saturated carbocycles. The zero-order valence-corrected chi connectivity index (χ0v) is 10.8. The Morgan fingerprint density at radius 1 is 1.53 bits per heavy atom. The molecule has 0 saturated heterocycles. The lowest BCUT2D eigenvalue weighted by Gasteiger charge is -2.04. The predicted octanol–water partition coefficient (Wildman–Crippen LogP) is 0.829. The zero-order chi connectivity index (χ0) is 13.8. The maximum absolute atomic E-state index is 11.1. The molecule has 1 atom stereocenters. The molecule has 2 N–H and O–H groups in total. The van der Waals surface area contributed by atoms with Crippen LogP contribution in [-0.4, -0.2) is 43.0 Å². The van der Waals surface area contributed by atoms with Crippen molar-refractivity contribution in [3.8, 4) is 0 Å². The summed E-state index contributed by atoms with van der Waals surface area (Å²) in [7, 11) is 0. The molecule has 19 heavy (non-hydrogen) atoms. The zero-order valence-electron chi connectivity index (χ0n) is 9.97. The van der Waals surface area contributed by atoms with Crippen molar-refractivity contribution in [1.82, 2.24) is 9.38 Å². The summed E-state index contributed by atoms with van der Waals surface area (Å²) in [6.45, 7) is -0.319. The molecule has 102 valence electrons. The average Bonchev–Trinajstić information content (AvgIpc) is 2.76. The minimum absolute atomic E-state index is 0.0541. The van der Waals surface area contributed by atoms with Crippen LogP contribution in [0.1, 0.15) is 5.69 Å². The van der Waals surface area contributed by atoms with Crippen molar-refractivity contribution in [3.05, 3.63) is 40.2 Å². The first-order valence-electron chi connectivity index (χ1n) is 5.60. The van der Waals surface area contributed by atoms with Gasteiger partial charge < -0.3 is 20.3 Å². The second-order valence-electron chi connectivity index (χ2n) is 3.92. The van der Waals surface area contributed by atoms with E-state index in [0.717, 1.165) is 0 Å². The Balaban J connectivity index is 2.22. The van der Waals surface area contributed by atoms with Crippen molar-refractivity contribution in [2.45, 2.75) is 11.9 Å². The molecule has 1 unspecified atom stereocenters. The predicted molar refractivity (Wildman–Crippen MR) is 71.1 cm³/mol. The summed E-state index contributed by atoms with van der Waals surface area (Å²) in [4.78, 5) is 14.8. The molecule has 2 aromatic heterocycles. The molecule has 0 bridgehead atoms. The summed E-state index contributed by atoms with van der Waals surface area (Å²) in [6.07, 6.45) is 0.776. The molecule has 7 nitrogen and oxygen atoms in total. The third-order valence-corrected chi connectivity index (χ3v) is 3.60. The largest absolute Gasteiger partial charge is 0.394 e. The Kier molecular flexibility index (Phi) is 4.35. The topological polar surface area (TPSA) is 101 Å². The Hall–Kier alpha value is -1.64. The van der Waals surface area contributed by atoms with Crippen molar-refractivity contribution in [2.24, 2.45) is 0 Å². The van der Waals surface area contributed by atoms with E-state index in [-0.39, 0.29) is 12.4 Å². The standard InChI is InChI=1S/C11H13N3O4S/c15-5-8(16)6-19-7-9-11(14(17)18)13-4-2-1-3-10(13)12-9/h1-4,8,15-16H,5-7H2. The van der Waals surface area contributed by atoms with Crippen LogP contribution in [0.4, 0.5) is 5.82 Å². The molecule has 0 aromatic carbocycles. The number of aliphatic hydroxyl groups is 2. The van der Waals surface area contributed by atoms with Crippen molar-refractivity contribution in [2.75, 3.05) is 12.4 Å². The molecular formula is C11H13N3O4S. The van der Waals surface area contributed by atoms with Crippen LogP contribution in [0.5, 0.6) is 0 Å². The van der Waals surface area contributed by atoms with Crippen LogP contribution in [0.15, 0.2) is 24.4 Å². The molecule has 2 rings (SSSR count). The van der Waals surface area contributed by atoms with Crippen LogP contribution < -0.4 is 0 Å². The highest BCUT2D eigenvalue weighted by atomic mass is 32.2. The van der Waals surface area contributed by atoms with Gasteiger partial charge in [-0.25, -0.2) is 4.98 Å². The quantitative estimate of drug-likeness (QED) is 0.601. The number of aromatic nitrogens is 2. The first-order valence-corrected chi connectivity index (χ1v) is 6.76. The highest BCUT2D eigenvalue weighted by molar-refractivity contribution is 7.98. The molecule has 0 spiro atoms. The fourth-order valence-electron chi connectivity index (χ4n) is 1.67. The Morgan fingerprint density at radius 2 is 2.32 bits per heavy atom. The summed E-state index contributed by atoms with van der Waals surface area (Å²) >= 11 is 1.30. The van der Waals surface area contributed by atoms with E-state index in [9.17, 15) is 15.2 Å². The van der Waals surface area contributed by atoms with Crippen LogP contribution in [0.2, 0.25) is 0 Å². The molecule has 0 aliphatic heterocycles. The van der Waals surface area contributed by atoms with Gasteiger partial charge in [-0.2, -0.15) is 16.2 Å². The number of pyridine rings is 1. The van der Waals surface area contributed by atoms with Gasteiger partial charge in [0, 0.05) is 17.6 Å². The van der Waals surface area contributed by atoms with Crippen LogP contribution in [0.3, 0.4) is 0 Å². The second-order valence-corrected chi connectivity index (χ2v) is 4.95. The van der Waals surface area contributed by atoms with Gasteiger partial charge in [-0.05, 0) is 11.0 Å². The number of aliphatic hydroxyl groups excluding tert-OH is 2. The van der Waals surface area contributed by atoms with Gasteiger partial charge >= 0.3 is 5.82 Å². The minimum atomic E-state index is -0.818. The second kappa shape index (κ2) is 6.00. The molecule has 0 amide bonds. The van der Waals surface area contributed by atoms with Gasteiger partial charge in [-0.1, -0.05) is 6.07 Å². The van der Waals surface area contributed by atoms with E-state index in [1.807, 2.05) is 0 Å². The highest BCUT2D eigenvalue weighted by Gasteiger charge is 2.21. The van der Waals surface area contributed by atoms with Gasteiger partial charge in [0.05, 0.1) is 18.9 Å². The summed E-state index contributed by atoms with van der Waals surface area (Å²) in [5.41, 5.74) is 0.888. The van der Waals surface area contributed by atoms with Gasteiger partial charge in [-0.3, -0.25) is 0 Å². The van der Waals surface area contributed by atoms with E-state index in [1.165, 1.54) is 16.2 Å². The van der Waals surface area contributed by atoms with E-state index in [0.29, 0.717) is 22.8 Å². The number of imidazole rings is 1. The smallest absolute Gasteiger partial charge is 0.351 e. The van der Waals surface area contributed by atoms with Crippen LogP contribution >= 0.6 is 11.8 Å². The summed E-state index contributed by atoms with van der Waals surface area (Å²) < 4.78 is 1.43. The van der Waals surface area contributed by atoms with Crippen molar-refractivity contribution < 1.29 is 15.1 Å². The van der Waals surface area contributed by atoms with Crippen molar-refractivity contribution in [3.63, 3.8) is 0 Å². The van der Waals surface area contributed by atoms with E-state index in [2.05, 4.69) is 4.98 Å². The molecule has 0 radical (unpaired) electrons. The number of nitrogens with zero attached hydrogens (tertiary/aromatic N) is 3. The van der Waals surface area contributed by atoms with E-state index in [1.54, 1.807) is 24.4 Å². The molecule has 2 aromatic rings. The first kappa shape index (κ1) is 13.8. The Morgan fingerprint density at radius 3 is 3.00 bits per heavy atom. The Bertz CT molecular complexity index is 586. The normalized spacial score (nSPS) is 12.7. The van der Waals surface area contributed by atoms with Crippen molar-refractivity contribution in [1.29, 1.82) is 0 Å². The van der Waals surface area contributed by atoms with Crippen LogP contribution in [0.25, 0.3) is 5.65 Å². The van der Waals surface area contributed by atoms with Gasteiger partial charge in [0.25, 0.3) is 0 Å². The molecule has 8 heteroatoms. The number of nitro groups is 1. The fourth-order valence-corrected chi connectivity index (χ4v) is 2.55. The van der Waals surface area contributed by atoms with Crippen LogP contribution in [-0.2, 0) is 5.75 Å². The lowest BCUT2D eigenvalue weighted by molar-refractivity contribution is -0.391. The number of rotatable bonds is 6. The van der Waals surface area contributed by atoms with Gasteiger partial charge in [0.2, 0.25) is 5.65 Å². The number of thioether (sulfide) groups is 1. The SMILES string of the molecule is O=[N+]([O-])c1c(CSCC(O)CO)nc2ccccn12. The summed E-state index contributed by atoms with van der Waals surface area (Å²) in [5, 5.41) is 29.0. The van der Waals surface area contributed by atoms with E-state index in [4.69, 9.17) is 5.11 Å². The third kappa shape index (κ3) is 3.03. The van der Waals surface area contributed by atoms with E-state index < -0.39 is 11.0 Å². The summed E-state index contributed by atoms with van der Waals surface area (Å²) in [6, 6.07) is 5.16. The fraction of sp³-hybridized carbons (Fsp3) is 0.364. The number of fused-ring (bicyclic) bond motifs is 1. The molecular weight excluding hydrogens is 270 g/mol. The van der Waals surface area contributed by atoms with Gasteiger partial charge in [0.1, 0.15) is 5.69 Å².